The molecule has 0 N–H and O–H groups in total. The van der Waals surface area contributed by atoms with Crippen molar-refractivity contribution < 1.29 is 4.74 Å². The van der Waals surface area contributed by atoms with E-state index >= 15 is 0 Å². The Balaban J connectivity index is 1.51. The number of hydroxylamine groups is 2. The van der Waals surface area contributed by atoms with Gasteiger partial charge in [0.15, 0.2) is 6.17 Å². The van der Waals surface area contributed by atoms with Crippen molar-refractivity contribution in [2.75, 3.05) is 46.1 Å². The van der Waals surface area contributed by atoms with Gasteiger partial charge in [0.1, 0.15) is 11.7 Å². The molecule has 3 aliphatic rings. The topological polar surface area (TPSA) is 64.5 Å². The molecule has 27 heavy (non-hydrogen) atoms. The molecule has 1 aromatic heterocycles. The Morgan fingerprint density at radius 2 is 2.11 bits per heavy atom. The molecule has 0 amide bonds. The largest absolute Gasteiger partial charge is 0.623 e. The maximum Gasteiger partial charge on any atom is 0.309 e. The van der Waals surface area contributed by atoms with Crippen LogP contribution in [0.2, 0.25) is 0 Å². The summed E-state index contributed by atoms with van der Waals surface area (Å²) in [5.41, 5.74) is 0. The van der Waals surface area contributed by atoms with Crippen LogP contribution in [0.3, 0.4) is 0 Å². The van der Waals surface area contributed by atoms with Gasteiger partial charge in [-0.25, -0.2) is 9.80 Å². The van der Waals surface area contributed by atoms with E-state index in [1.807, 2.05) is 0 Å². The molecule has 0 bridgehead atoms. The van der Waals surface area contributed by atoms with Gasteiger partial charge in [0.05, 0.1) is 19.8 Å². The Morgan fingerprint density at radius 1 is 1.30 bits per heavy atom. The lowest BCUT2D eigenvalue weighted by Crippen LogP contribution is -2.59. The van der Waals surface area contributed by atoms with E-state index in [9.17, 15) is 5.21 Å². The fourth-order valence-electron chi connectivity index (χ4n) is 4.22. The molecule has 7 nitrogen and oxygen atoms in total. The number of allylic oxidation sites excluding steroid dienone is 2. The highest BCUT2D eigenvalue weighted by Crippen LogP contribution is 2.42. The van der Waals surface area contributed by atoms with Gasteiger partial charge in [0.2, 0.25) is 0 Å². The Morgan fingerprint density at radius 3 is 2.81 bits per heavy atom. The molecule has 150 valence electrons. The average Bonchev–Trinajstić information content (AvgIpc) is 3.24. The summed E-state index contributed by atoms with van der Waals surface area (Å²) in [7, 11) is 0. The Hall–Kier alpha value is -0.900. The van der Waals surface area contributed by atoms with Crippen LogP contribution in [-0.4, -0.2) is 72.2 Å². The first-order valence-electron chi connectivity index (χ1n) is 10.3. The quantitative estimate of drug-likeness (QED) is 0.307. The number of aromatic nitrogens is 2. The molecule has 3 heterocycles. The highest BCUT2D eigenvalue weighted by Gasteiger charge is 2.47. The second-order valence-corrected chi connectivity index (χ2v) is 8.89. The number of unbranched alkanes of at least 4 members (excludes halogenated alkanes) is 1. The van der Waals surface area contributed by atoms with E-state index in [0.717, 1.165) is 44.0 Å². The molecule has 8 heteroatoms. The number of nitrogens with zero attached hydrogens (tertiary/aromatic N) is 5. The van der Waals surface area contributed by atoms with Crippen molar-refractivity contribution in [1.29, 1.82) is 0 Å². The van der Waals surface area contributed by atoms with Crippen LogP contribution in [0.25, 0.3) is 0 Å². The van der Waals surface area contributed by atoms with E-state index < -0.39 is 0 Å². The van der Waals surface area contributed by atoms with E-state index in [1.165, 1.54) is 19.3 Å². The number of hydrogen-bond donors (Lipinski definition) is 0. The van der Waals surface area contributed by atoms with Crippen LogP contribution in [0.1, 0.15) is 50.0 Å². The monoisotopic (exact) mass is 393 g/mol. The van der Waals surface area contributed by atoms with Crippen molar-refractivity contribution in [3.8, 4) is 0 Å². The van der Waals surface area contributed by atoms with Crippen molar-refractivity contribution in [2.24, 2.45) is 0 Å². The zero-order valence-electron chi connectivity index (χ0n) is 16.3. The summed E-state index contributed by atoms with van der Waals surface area (Å²) < 4.78 is 5.15. The fourth-order valence-corrected chi connectivity index (χ4v) is 5.30. The summed E-state index contributed by atoms with van der Waals surface area (Å²) in [6.45, 7) is 7.37. The summed E-state index contributed by atoms with van der Waals surface area (Å²) in [5.74, 6) is 0.532. The number of rotatable bonds is 7. The Labute approximate surface area is 165 Å². The number of ether oxygens (including phenoxy) is 1. The van der Waals surface area contributed by atoms with Crippen LogP contribution >= 0.6 is 11.3 Å². The van der Waals surface area contributed by atoms with Crippen LogP contribution in [-0.2, 0) is 4.74 Å². The Bertz CT molecular complexity index is 644. The van der Waals surface area contributed by atoms with Crippen LogP contribution in [0.15, 0.2) is 12.2 Å². The smallest absolute Gasteiger partial charge is 0.309 e. The normalized spacial score (nSPS) is 31.0. The minimum Gasteiger partial charge on any atom is -0.623 e. The molecule has 4 rings (SSSR count). The fraction of sp³-hybridized carbons (Fsp3) is 0.789. The van der Waals surface area contributed by atoms with Gasteiger partial charge >= 0.3 is 5.13 Å². The molecule has 2 aliphatic heterocycles. The molecule has 1 saturated carbocycles. The standard InChI is InChI=1S/C19H31N5O2S/c1-2-3-4-5-9-22-14-17(23-10-12-26-13-11-23)24(25,15-22)19-21-20-18(27-19)16-7-6-8-16/h2-3,16-17H,4-15H2,1H3. The van der Waals surface area contributed by atoms with Crippen LogP contribution < -0.4 is 4.65 Å². The second kappa shape index (κ2) is 8.63. The molecular weight excluding hydrogens is 362 g/mol. The average molecular weight is 394 g/mol. The van der Waals surface area contributed by atoms with Crippen molar-refractivity contribution in [3.63, 3.8) is 0 Å². The molecule has 3 fully saturated rings. The predicted octanol–water partition coefficient (Wildman–Crippen LogP) is 2.90. The van der Waals surface area contributed by atoms with Gasteiger partial charge in [0.25, 0.3) is 0 Å². The van der Waals surface area contributed by atoms with E-state index in [-0.39, 0.29) is 10.8 Å². The van der Waals surface area contributed by atoms with Crippen LogP contribution in [0, 0.1) is 5.21 Å². The first-order valence-corrected chi connectivity index (χ1v) is 11.1. The maximum atomic E-state index is 14.1. The third-order valence-electron chi connectivity index (χ3n) is 6.07. The summed E-state index contributed by atoms with van der Waals surface area (Å²) in [4.78, 5) is 4.63. The van der Waals surface area contributed by atoms with Crippen molar-refractivity contribution in [2.45, 2.75) is 51.1 Å². The minimum atomic E-state index is -0.367. The van der Waals surface area contributed by atoms with Gasteiger partial charge in [-0.1, -0.05) is 23.7 Å². The van der Waals surface area contributed by atoms with Gasteiger partial charge in [-0.15, -0.1) is 5.10 Å². The van der Waals surface area contributed by atoms with Crippen molar-refractivity contribution in [1.82, 2.24) is 24.6 Å². The molecule has 2 saturated heterocycles. The molecule has 1 aromatic rings. The van der Waals surface area contributed by atoms with Crippen molar-refractivity contribution >= 4 is 16.5 Å². The lowest BCUT2D eigenvalue weighted by molar-refractivity contribution is -0.00417. The lowest BCUT2D eigenvalue weighted by Gasteiger charge is -2.45. The summed E-state index contributed by atoms with van der Waals surface area (Å²) >= 11 is 1.56. The zero-order chi connectivity index (χ0) is 18.7. The van der Waals surface area contributed by atoms with E-state index in [4.69, 9.17) is 4.74 Å². The van der Waals surface area contributed by atoms with Gasteiger partial charge in [-0.3, -0.25) is 4.65 Å². The third-order valence-corrected chi connectivity index (χ3v) is 7.27. The van der Waals surface area contributed by atoms with E-state index in [0.29, 0.717) is 30.9 Å². The van der Waals surface area contributed by atoms with Crippen LogP contribution in [0.4, 0.5) is 5.13 Å². The zero-order valence-corrected chi connectivity index (χ0v) is 17.1. The molecule has 0 radical (unpaired) electrons. The highest BCUT2D eigenvalue weighted by molar-refractivity contribution is 7.15. The first kappa shape index (κ1) is 19.4. The summed E-state index contributed by atoms with van der Waals surface area (Å²) in [5, 5.41) is 24.6. The molecule has 2 unspecified atom stereocenters. The Kier molecular flexibility index (Phi) is 6.21. The minimum absolute atomic E-state index is 0.0993. The van der Waals surface area contributed by atoms with E-state index in [2.05, 4.69) is 39.1 Å². The number of morpholine rings is 1. The third kappa shape index (κ3) is 4.11. The molecule has 2 atom stereocenters. The predicted molar refractivity (Wildman–Crippen MR) is 108 cm³/mol. The SMILES string of the molecule is CC=CCCCN1CC(N2CCOCC2)[N+]([O-])(c2nnc(C3CCC3)s2)C1. The lowest BCUT2D eigenvalue weighted by atomic mass is 9.86. The van der Waals surface area contributed by atoms with Gasteiger partial charge in [-0.2, -0.15) is 0 Å². The molecule has 0 aromatic carbocycles. The summed E-state index contributed by atoms with van der Waals surface area (Å²) in [6, 6.07) is 0. The maximum absolute atomic E-state index is 14.1. The van der Waals surface area contributed by atoms with Gasteiger partial charge in [0, 0.05) is 25.6 Å². The number of hydrogen-bond acceptors (Lipinski definition) is 7. The molecular formula is C19H31N5O2S. The number of quaternary nitrogens is 1. The van der Waals surface area contributed by atoms with E-state index in [1.54, 1.807) is 11.3 Å². The summed E-state index contributed by atoms with van der Waals surface area (Å²) in [6.07, 6.45) is 10.0. The van der Waals surface area contributed by atoms with Gasteiger partial charge < -0.3 is 9.94 Å². The first-order chi connectivity index (χ1) is 13.2. The molecule has 0 spiro atoms. The highest BCUT2D eigenvalue weighted by atomic mass is 32.1. The molecule has 1 aliphatic carbocycles. The van der Waals surface area contributed by atoms with Crippen molar-refractivity contribution in [3.05, 3.63) is 22.4 Å². The van der Waals surface area contributed by atoms with Crippen LogP contribution in [0.5, 0.6) is 0 Å². The van der Waals surface area contributed by atoms with Gasteiger partial charge in [-0.05, 0) is 43.9 Å². The second-order valence-electron chi connectivity index (χ2n) is 7.90.